The number of hydrogen-bond donors (Lipinski definition) is 4. The number of nitrogens with zero attached hydrogens (tertiary/aromatic N) is 3. The van der Waals surface area contributed by atoms with Crippen molar-refractivity contribution in [1.29, 1.82) is 0 Å². The average Bonchev–Trinajstić information content (AvgIpc) is 3.67. The molecule has 4 heterocycles. The summed E-state index contributed by atoms with van der Waals surface area (Å²) in [6, 6.07) is 19.0. The summed E-state index contributed by atoms with van der Waals surface area (Å²) in [7, 11) is 4.92. The summed E-state index contributed by atoms with van der Waals surface area (Å²) in [5.41, 5.74) is 6.27. The first kappa shape index (κ1) is 34.3. The van der Waals surface area contributed by atoms with Gasteiger partial charge in [0.2, 0.25) is 11.8 Å². The molecule has 2 aromatic heterocycles. The Hall–Kier alpha value is -6.11. The summed E-state index contributed by atoms with van der Waals surface area (Å²) in [4.78, 5) is 51.4. The number of fused-ring (bicyclic) bond motifs is 1. The van der Waals surface area contributed by atoms with Crippen LogP contribution in [0.3, 0.4) is 0 Å². The molecule has 7 rings (SSSR count). The molecule has 0 bridgehead atoms. The van der Waals surface area contributed by atoms with E-state index in [1.165, 1.54) is 10.1 Å². The number of ether oxygens (including phenoxy) is 2. The molecule has 1 atom stereocenters. The molecule has 3 aromatic carbocycles. The molecular formula is C39H41N7O6. The second-order valence-corrected chi connectivity index (χ2v) is 13.2. The quantitative estimate of drug-likeness (QED) is 0.150. The lowest BCUT2D eigenvalue weighted by atomic mass is 9.89. The minimum atomic E-state index is -0.414. The molecule has 2 saturated heterocycles. The third-order valence-corrected chi connectivity index (χ3v) is 10.1. The molecule has 2 aliphatic rings. The normalized spacial score (nSPS) is 16.4. The number of carbonyl (C=O) groups excluding carboxylic acids is 3. The van der Waals surface area contributed by atoms with Gasteiger partial charge in [-0.1, -0.05) is 12.1 Å². The third kappa shape index (κ3) is 6.94. The minimum absolute atomic E-state index is 0.0119. The fourth-order valence-corrected chi connectivity index (χ4v) is 7.10. The highest BCUT2D eigenvalue weighted by atomic mass is 16.5. The zero-order valence-electron chi connectivity index (χ0n) is 29.3. The highest BCUT2D eigenvalue weighted by Gasteiger charge is 2.27. The van der Waals surface area contributed by atoms with Gasteiger partial charge >= 0.3 is 0 Å². The number of hydrogen-bond acceptors (Lipinski definition) is 9. The van der Waals surface area contributed by atoms with Crippen LogP contribution in [0.4, 0.5) is 11.4 Å². The van der Waals surface area contributed by atoms with Gasteiger partial charge < -0.3 is 29.6 Å². The van der Waals surface area contributed by atoms with E-state index in [0.717, 1.165) is 40.9 Å². The topological polar surface area (TPSA) is 160 Å². The van der Waals surface area contributed by atoms with Crippen LogP contribution in [0.5, 0.6) is 11.5 Å². The second-order valence-electron chi connectivity index (χ2n) is 13.2. The number of rotatable bonds is 10. The zero-order valence-corrected chi connectivity index (χ0v) is 29.3. The number of H-pyrrole nitrogens is 1. The Kier molecular flexibility index (Phi) is 9.66. The van der Waals surface area contributed by atoms with E-state index in [1.54, 1.807) is 33.7 Å². The number of aromatic amines is 1. The fraction of sp³-hybridized carbons (Fsp3) is 0.308. The molecular weight excluding hydrogens is 662 g/mol. The molecule has 52 heavy (non-hydrogen) atoms. The summed E-state index contributed by atoms with van der Waals surface area (Å²) in [5, 5.41) is 16.6. The summed E-state index contributed by atoms with van der Waals surface area (Å²) in [6.07, 6.45) is 5.97. The van der Waals surface area contributed by atoms with Crippen molar-refractivity contribution < 1.29 is 23.9 Å². The summed E-state index contributed by atoms with van der Waals surface area (Å²) < 4.78 is 13.1. The Labute approximate surface area is 300 Å². The summed E-state index contributed by atoms with van der Waals surface area (Å²) in [5.74, 6) is 1.09. The van der Waals surface area contributed by atoms with Gasteiger partial charge in [-0.2, -0.15) is 5.10 Å². The predicted octanol–water partition coefficient (Wildman–Crippen LogP) is 4.79. The van der Waals surface area contributed by atoms with E-state index in [9.17, 15) is 19.2 Å². The van der Waals surface area contributed by atoms with Crippen LogP contribution in [0.1, 0.15) is 53.1 Å². The van der Waals surface area contributed by atoms with Crippen LogP contribution >= 0.6 is 0 Å². The molecule has 3 amide bonds. The first-order chi connectivity index (χ1) is 25.2. The molecule has 0 aliphatic carbocycles. The number of carbonyl (C=O) groups is 3. The lowest BCUT2D eigenvalue weighted by Crippen LogP contribution is -2.47. The van der Waals surface area contributed by atoms with E-state index in [2.05, 4.69) is 38.3 Å². The number of benzene rings is 3. The number of anilines is 2. The zero-order chi connectivity index (χ0) is 36.4. The van der Waals surface area contributed by atoms with Gasteiger partial charge in [0, 0.05) is 67.2 Å². The van der Waals surface area contributed by atoms with Gasteiger partial charge in [0.05, 0.1) is 26.0 Å². The Morgan fingerprint density at radius 3 is 2.25 bits per heavy atom. The largest absolute Gasteiger partial charge is 0.496 e. The highest BCUT2D eigenvalue weighted by molar-refractivity contribution is 6.01. The van der Waals surface area contributed by atoms with Crippen LogP contribution in [0.25, 0.3) is 22.0 Å². The van der Waals surface area contributed by atoms with Gasteiger partial charge in [-0.25, -0.2) is 0 Å². The van der Waals surface area contributed by atoms with Crippen LogP contribution < -0.4 is 31.0 Å². The van der Waals surface area contributed by atoms with Gasteiger partial charge in [0.25, 0.3) is 11.5 Å². The summed E-state index contributed by atoms with van der Waals surface area (Å²) >= 11 is 0. The lowest BCUT2D eigenvalue weighted by Gasteiger charge is -2.32. The number of piperidine rings is 2. The SMILES string of the molecule is COc1cc(-c2cn(C)c(=O)c3[nH]ncc23)cc(OC)c1CNc1ccc(C(=O)N2CCC(c3ccc(NC4CCC(=O)NC4=O)cc3)CC2)cc1. The molecule has 0 saturated carbocycles. The van der Waals surface area contributed by atoms with Crippen LogP contribution in [-0.2, 0) is 23.2 Å². The molecule has 13 nitrogen and oxygen atoms in total. The van der Waals surface area contributed by atoms with Gasteiger partial charge in [-0.3, -0.25) is 29.6 Å². The Balaban J connectivity index is 0.953. The number of amides is 3. The number of imide groups is 1. The summed E-state index contributed by atoms with van der Waals surface area (Å²) in [6.45, 7) is 1.75. The maximum absolute atomic E-state index is 13.4. The Morgan fingerprint density at radius 2 is 1.60 bits per heavy atom. The van der Waals surface area contributed by atoms with Gasteiger partial charge in [0.15, 0.2) is 0 Å². The van der Waals surface area contributed by atoms with Gasteiger partial charge in [-0.15, -0.1) is 0 Å². The molecule has 5 aromatic rings. The highest BCUT2D eigenvalue weighted by Crippen LogP contribution is 2.37. The smallest absolute Gasteiger partial charge is 0.276 e. The van der Waals surface area contributed by atoms with Crippen molar-refractivity contribution in [1.82, 2.24) is 25.0 Å². The third-order valence-electron chi connectivity index (χ3n) is 10.1. The lowest BCUT2D eigenvalue weighted by molar-refractivity contribution is -0.133. The molecule has 13 heteroatoms. The van der Waals surface area contributed by atoms with Crippen molar-refractivity contribution in [2.75, 3.05) is 37.9 Å². The molecule has 2 fully saturated rings. The van der Waals surface area contributed by atoms with Crippen molar-refractivity contribution in [3.05, 3.63) is 100 Å². The first-order valence-electron chi connectivity index (χ1n) is 17.3. The molecule has 0 spiro atoms. The van der Waals surface area contributed by atoms with Crippen molar-refractivity contribution >= 4 is 40.0 Å². The molecule has 2 aliphatic heterocycles. The minimum Gasteiger partial charge on any atom is -0.496 e. The standard InChI is InChI=1S/C39H41N7O6/c1-45-22-31(29-21-41-44-36(29)39(45)50)26-18-33(51-2)30(34(19-26)52-3)20-40-27-8-6-25(7-9-27)38(49)46-16-14-24(15-17-46)23-4-10-28(11-5-23)42-32-12-13-35(47)43-37(32)48/h4-11,18-19,21-22,24,32,40,42H,12-17,20H2,1-3H3,(H,41,44)(H,43,47,48). The Bertz CT molecular complexity index is 2160. The first-order valence-corrected chi connectivity index (χ1v) is 17.3. The van der Waals surface area contributed by atoms with E-state index in [-0.39, 0.29) is 23.3 Å². The van der Waals surface area contributed by atoms with E-state index in [1.807, 2.05) is 53.4 Å². The monoisotopic (exact) mass is 703 g/mol. The van der Waals surface area contributed by atoms with Crippen molar-refractivity contribution in [3.8, 4) is 22.6 Å². The molecule has 4 N–H and O–H groups in total. The van der Waals surface area contributed by atoms with E-state index in [0.29, 0.717) is 66.4 Å². The van der Waals surface area contributed by atoms with Crippen LogP contribution in [0, 0.1) is 0 Å². The maximum Gasteiger partial charge on any atom is 0.276 e. The fourth-order valence-electron chi connectivity index (χ4n) is 7.10. The van der Waals surface area contributed by atoms with Crippen LogP contribution in [-0.4, -0.2) is 70.7 Å². The van der Waals surface area contributed by atoms with Crippen LogP contribution in [0.15, 0.2) is 77.9 Å². The number of aromatic nitrogens is 3. The number of nitrogens with one attached hydrogen (secondary N) is 4. The van der Waals surface area contributed by atoms with Gasteiger partial charge in [0.1, 0.15) is 23.1 Å². The number of pyridine rings is 1. The molecule has 268 valence electrons. The number of likely N-dealkylation sites (tertiary alicyclic amines) is 1. The predicted molar refractivity (Wildman–Crippen MR) is 198 cm³/mol. The molecule has 0 radical (unpaired) electrons. The van der Waals surface area contributed by atoms with Crippen LogP contribution in [0.2, 0.25) is 0 Å². The Morgan fingerprint density at radius 1 is 0.923 bits per heavy atom. The average molecular weight is 704 g/mol. The van der Waals surface area contributed by atoms with Crippen molar-refractivity contribution in [3.63, 3.8) is 0 Å². The van der Waals surface area contributed by atoms with E-state index < -0.39 is 6.04 Å². The second kappa shape index (κ2) is 14.6. The van der Waals surface area contributed by atoms with E-state index in [4.69, 9.17) is 9.47 Å². The van der Waals surface area contributed by atoms with Crippen molar-refractivity contribution in [2.24, 2.45) is 7.05 Å². The number of methoxy groups -OCH3 is 2. The van der Waals surface area contributed by atoms with Gasteiger partial charge in [-0.05, 0) is 84.8 Å². The van der Waals surface area contributed by atoms with Crippen molar-refractivity contribution in [2.45, 2.75) is 44.2 Å². The number of aryl methyl sites for hydroxylation is 1. The molecule has 1 unspecified atom stereocenters. The maximum atomic E-state index is 13.4. The van der Waals surface area contributed by atoms with E-state index >= 15 is 0 Å².